The Balaban J connectivity index is 1.65. The van der Waals surface area contributed by atoms with Gasteiger partial charge in [-0.25, -0.2) is 0 Å². The van der Waals surface area contributed by atoms with Gasteiger partial charge in [0.2, 0.25) is 0 Å². The second-order valence-electron chi connectivity index (χ2n) is 5.79. The van der Waals surface area contributed by atoms with E-state index < -0.39 is 0 Å². The number of hydrogen-bond acceptors (Lipinski definition) is 4. The zero-order chi connectivity index (χ0) is 15.8. The molecule has 0 saturated heterocycles. The number of carbonyl (C=O) groups is 2. The molecule has 2 aromatic carbocycles. The van der Waals surface area contributed by atoms with Gasteiger partial charge in [-0.3, -0.25) is 14.5 Å². The Morgan fingerprint density at radius 3 is 2.30 bits per heavy atom. The number of nitrogens with one attached hydrogen (secondary N) is 1. The van der Waals surface area contributed by atoms with Crippen molar-refractivity contribution in [2.24, 2.45) is 0 Å². The molecule has 0 atom stereocenters. The predicted octanol–water partition coefficient (Wildman–Crippen LogP) is 2.56. The number of carbonyl (C=O) groups excluding carboxylic acids is 2. The van der Waals surface area contributed by atoms with Crippen LogP contribution < -0.4 is 10.2 Å². The Labute approximate surface area is 134 Å². The molecule has 2 aromatic rings. The van der Waals surface area contributed by atoms with E-state index in [1.165, 1.54) is 4.90 Å². The van der Waals surface area contributed by atoms with Gasteiger partial charge < -0.3 is 10.2 Å². The molecule has 0 aromatic heterocycles. The van der Waals surface area contributed by atoms with Crippen LogP contribution in [-0.4, -0.2) is 36.5 Å². The molecule has 4 rings (SSSR count). The maximum atomic E-state index is 12.5. The molecule has 0 unspecified atom stereocenters. The van der Waals surface area contributed by atoms with Crippen molar-refractivity contribution in [2.75, 3.05) is 30.0 Å². The third-order valence-corrected chi connectivity index (χ3v) is 4.36. The number of nitrogens with zero attached hydrogens (tertiary/aromatic N) is 2. The topological polar surface area (TPSA) is 52.7 Å². The molecule has 2 amide bonds. The summed E-state index contributed by atoms with van der Waals surface area (Å²) < 4.78 is 0. The van der Waals surface area contributed by atoms with Gasteiger partial charge in [0.25, 0.3) is 11.8 Å². The van der Waals surface area contributed by atoms with Crippen LogP contribution in [0.3, 0.4) is 0 Å². The molecule has 2 heterocycles. The third kappa shape index (κ3) is 2.25. The predicted molar refractivity (Wildman–Crippen MR) is 88.7 cm³/mol. The molecule has 23 heavy (non-hydrogen) atoms. The van der Waals surface area contributed by atoms with Crippen molar-refractivity contribution in [3.05, 3.63) is 59.7 Å². The summed E-state index contributed by atoms with van der Waals surface area (Å²) in [5.74, 6) is -0.416. The zero-order valence-electron chi connectivity index (χ0n) is 12.7. The fraction of sp³-hybridized carbons (Fsp3) is 0.222. The molecular weight excluding hydrogens is 290 g/mol. The van der Waals surface area contributed by atoms with Gasteiger partial charge in [-0.2, -0.15) is 0 Å². The first-order valence-electron chi connectivity index (χ1n) is 7.79. The van der Waals surface area contributed by atoms with E-state index in [9.17, 15) is 9.59 Å². The SMILES string of the molecule is O=C1c2ccccc2C(=O)N1CN1CCCNc2ccccc21. The van der Waals surface area contributed by atoms with Gasteiger partial charge in [-0.1, -0.05) is 24.3 Å². The fourth-order valence-corrected chi connectivity index (χ4v) is 3.20. The minimum Gasteiger partial charge on any atom is -0.383 e. The number of imide groups is 1. The third-order valence-electron chi connectivity index (χ3n) is 4.36. The van der Waals surface area contributed by atoms with Crippen LogP contribution in [0.15, 0.2) is 48.5 Å². The van der Waals surface area contributed by atoms with Crippen LogP contribution in [0.1, 0.15) is 27.1 Å². The Morgan fingerprint density at radius 2 is 1.57 bits per heavy atom. The van der Waals surface area contributed by atoms with E-state index >= 15 is 0 Å². The van der Waals surface area contributed by atoms with E-state index in [1.807, 2.05) is 24.3 Å². The van der Waals surface area contributed by atoms with Crippen LogP contribution in [0.25, 0.3) is 0 Å². The van der Waals surface area contributed by atoms with Gasteiger partial charge in [-0.15, -0.1) is 0 Å². The number of anilines is 2. The first-order valence-corrected chi connectivity index (χ1v) is 7.79. The molecule has 0 saturated carbocycles. The molecule has 2 aliphatic rings. The maximum Gasteiger partial charge on any atom is 0.263 e. The van der Waals surface area contributed by atoms with Crippen molar-refractivity contribution in [1.82, 2.24) is 4.90 Å². The normalized spacial score (nSPS) is 16.7. The fourth-order valence-electron chi connectivity index (χ4n) is 3.20. The van der Waals surface area contributed by atoms with E-state index in [0.29, 0.717) is 11.1 Å². The molecule has 5 nitrogen and oxygen atoms in total. The second kappa shape index (κ2) is 5.43. The summed E-state index contributed by atoms with van der Waals surface area (Å²) >= 11 is 0. The lowest BCUT2D eigenvalue weighted by Crippen LogP contribution is -2.41. The second-order valence-corrected chi connectivity index (χ2v) is 5.79. The van der Waals surface area contributed by atoms with Crippen molar-refractivity contribution in [3.63, 3.8) is 0 Å². The van der Waals surface area contributed by atoms with Crippen LogP contribution in [0.2, 0.25) is 0 Å². The number of hydrogen-bond donors (Lipinski definition) is 1. The molecule has 0 aliphatic carbocycles. The first kappa shape index (κ1) is 13.8. The monoisotopic (exact) mass is 307 g/mol. The van der Waals surface area contributed by atoms with Crippen LogP contribution in [0, 0.1) is 0 Å². The Morgan fingerprint density at radius 1 is 0.913 bits per heavy atom. The number of para-hydroxylation sites is 2. The summed E-state index contributed by atoms with van der Waals surface area (Å²) in [6.45, 7) is 1.97. The van der Waals surface area contributed by atoms with E-state index in [0.717, 1.165) is 30.9 Å². The van der Waals surface area contributed by atoms with Crippen molar-refractivity contribution in [2.45, 2.75) is 6.42 Å². The lowest BCUT2D eigenvalue weighted by atomic mass is 10.1. The summed E-state index contributed by atoms with van der Waals surface area (Å²) in [6.07, 6.45) is 0.956. The van der Waals surface area contributed by atoms with Crippen molar-refractivity contribution >= 4 is 23.2 Å². The van der Waals surface area contributed by atoms with Crippen LogP contribution in [0.5, 0.6) is 0 Å². The highest BCUT2D eigenvalue weighted by Gasteiger charge is 2.36. The summed E-state index contributed by atoms with van der Waals surface area (Å²) in [5, 5.41) is 3.39. The largest absolute Gasteiger partial charge is 0.383 e. The van der Waals surface area contributed by atoms with Gasteiger partial charge >= 0.3 is 0 Å². The highest BCUT2D eigenvalue weighted by atomic mass is 16.2. The molecule has 0 fully saturated rings. The van der Waals surface area contributed by atoms with Crippen molar-refractivity contribution in [1.29, 1.82) is 0 Å². The first-order chi connectivity index (χ1) is 11.3. The van der Waals surface area contributed by atoms with E-state index in [4.69, 9.17) is 0 Å². The molecule has 1 N–H and O–H groups in total. The Hall–Kier alpha value is -2.82. The number of amides is 2. The van der Waals surface area contributed by atoms with E-state index in [-0.39, 0.29) is 18.5 Å². The quantitative estimate of drug-likeness (QED) is 0.866. The van der Waals surface area contributed by atoms with E-state index in [1.54, 1.807) is 24.3 Å². The lowest BCUT2D eigenvalue weighted by Gasteiger charge is -2.28. The maximum absolute atomic E-state index is 12.5. The molecule has 0 radical (unpaired) electrons. The summed E-state index contributed by atoms with van der Waals surface area (Å²) in [6, 6.07) is 15.0. The van der Waals surface area contributed by atoms with Crippen molar-refractivity contribution < 1.29 is 9.59 Å². The Kier molecular flexibility index (Phi) is 3.26. The van der Waals surface area contributed by atoms with Gasteiger partial charge in [0.15, 0.2) is 0 Å². The lowest BCUT2D eigenvalue weighted by molar-refractivity contribution is 0.0654. The summed E-state index contributed by atoms with van der Waals surface area (Å²) in [7, 11) is 0. The number of benzene rings is 2. The minimum atomic E-state index is -0.208. The number of rotatable bonds is 2. The summed E-state index contributed by atoms with van der Waals surface area (Å²) in [4.78, 5) is 28.5. The average molecular weight is 307 g/mol. The van der Waals surface area contributed by atoms with Gasteiger partial charge in [0.05, 0.1) is 22.5 Å². The molecule has 2 aliphatic heterocycles. The Bertz CT molecular complexity index is 752. The molecule has 0 bridgehead atoms. The highest BCUT2D eigenvalue weighted by molar-refractivity contribution is 6.21. The smallest absolute Gasteiger partial charge is 0.263 e. The molecule has 5 heteroatoms. The molecule has 0 spiro atoms. The highest BCUT2D eigenvalue weighted by Crippen LogP contribution is 2.30. The van der Waals surface area contributed by atoms with Crippen molar-refractivity contribution in [3.8, 4) is 0 Å². The average Bonchev–Trinajstić information content (AvgIpc) is 2.75. The molecular formula is C18H17N3O2. The van der Waals surface area contributed by atoms with Gasteiger partial charge in [-0.05, 0) is 30.7 Å². The van der Waals surface area contributed by atoms with Crippen LogP contribution >= 0.6 is 0 Å². The minimum absolute atomic E-state index is 0.208. The zero-order valence-corrected chi connectivity index (χ0v) is 12.7. The standard InChI is InChI=1S/C18H17N3O2/c22-17-13-6-1-2-7-14(13)18(23)21(17)12-20-11-5-10-19-15-8-3-4-9-16(15)20/h1-4,6-9,19H,5,10-12H2. The van der Waals surface area contributed by atoms with Crippen LogP contribution in [-0.2, 0) is 0 Å². The van der Waals surface area contributed by atoms with Gasteiger partial charge in [0, 0.05) is 13.1 Å². The molecule has 116 valence electrons. The van der Waals surface area contributed by atoms with E-state index in [2.05, 4.69) is 10.2 Å². The number of fused-ring (bicyclic) bond motifs is 2. The van der Waals surface area contributed by atoms with Crippen LogP contribution in [0.4, 0.5) is 11.4 Å². The van der Waals surface area contributed by atoms with Gasteiger partial charge in [0.1, 0.15) is 6.67 Å². The summed E-state index contributed by atoms with van der Waals surface area (Å²) in [5.41, 5.74) is 3.07.